The summed E-state index contributed by atoms with van der Waals surface area (Å²) in [6.45, 7) is 6.07. The van der Waals surface area contributed by atoms with Crippen LogP contribution >= 0.6 is 0 Å². The highest BCUT2D eigenvalue weighted by Crippen LogP contribution is 2.11. The fraction of sp³-hybridized carbons (Fsp3) is 0.643. The molecule has 0 aliphatic heterocycles. The second-order valence-corrected chi connectivity index (χ2v) is 4.40. The van der Waals surface area contributed by atoms with Crippen LogP contribution in [0.25, 0.3) is 0 Å². The molecule has 1 aromatic heterocycles. The third kappa shape index (κ3) is 6.00. The first-order valence-corrected chi connectivity index (χ1v) is 6.82. The number of anilines is 1. The number of ether oxygens (including phenoxy) is 1. The molecule has 0 amide bonds. The Balaban J connectivity index is 2.55. The highest BCUT2D eigenvalue weighted by atomic mass is 16.5. The lowest BCUT2D eigenvalue weighted by atomic mass is 10.2. The van der Waals surface area contributed by atoms with E-state index in [9.17, 15) is 0 Å². The number of aliphatic hydroxyl groups excluding tert-OH is 1. The van der Waals surface area contributed by atoms with Gasteiger partial charge in [-0.2, -0.15) is 0 Å². The summed E-state index contributed by atoms with van der Waals surface area (Å²) in [5.74, 6) is 0.880. The molecule has 0 bridgehead atoms. The quantitative estimate of drug-likeness (QED) is 0.620. The van der Waals surface area contributed by atoms with Crippen LogP contribution in [-0.4, -0.2) is 50.0 Å². The summed E-state index contributed by atoms with van der Waals surface area (Å²) in [4.78, 5) is 6.47. The van der Waals surface area contributed by atoms with Gasteiger partial charge in [0.1, 0.15) is 5.82 Å². The van der Waals surface area contributed by atoms with Crippen LogP contribution in [0, 0.1) is 0 Å². The number of aliphatic hydroxyl groups is 1. The molecule has 19 heavy (non-hydrogen) atoms. The van der Waals surface area contributed by atoms with Crippen molar-refractivity contribution in [2.45, 2.75) is 19.9 Å². The Hall–Kier alpha value is -1.17. The average molecular weight is 267 g/mol. The Morgan fingerprint density at radius 2 is 2.21 bits per heavy atom. The number of methoxy groups -OCH3 is 1. The third-order valence-electron chi connectivity index (χ3n) is 2.82. The molecule has 0 spiro atoms. The van der Waals surface area contributed by atoms with Crippen LogP contribution in [-0.2, 0) is 11.3 Å². The minimum Gasteiger partial charge on any atom is -0.395 e. The number of rotatable bonds is 10. The van der Waals surface area contributed by atoms with Crippen molar-refractivity contribution in [2.75, 3.05) is 44.9 Å². The van der Waals surface area contributed by atoms with Crippen molar-refractivity contribution in [2.24, 2.45) is 0 Å². The van der Waals surface area contributed by atoms with E-state index in [0.717, 1.165) is 31.9 Å². The second-order valence-electron chi connectivity index (χ2n) is 4.40. The molecule has 1 rings (SSSR count). The van der Waals surface area contributed by atoms with Crippen molar-refractivity contribution in [1.29, 1.82) is 0 Å². The molecule has 0 aliphatic carbocycles. The molecule has 0 aliphatic rings. The van der Waals surface area contributed by atoms with Crippen LogP contribution < -0.4 is 10.2 Å². The van der Waals surface area contributed by atoms with Crippen molar-refractivity contribution < 1.29 is 9.84 Å². The number of nitrogens with one attached hydrogen (secondary N) is 1. The summed E-state index contributed by atoms with van der Waals surface area (Å²) in [6, 6.07) is 4.07. The zero-order valence-electron chi connectivity index (χ0n) is 11.9. The molecule has 1 heterocycles. The molecular weight excluding hydrogens is 242 g/mol. The first-order chi connectivity index (χ1) is 9.31. The predicted molar refractivity (Wildman–Crippen MR) is 77.4 cm³/mol. The van der Waals surface area contributed by atoms with E-state index in [2.05, 4.69) is 23.3 Å². The zero-order valence-corrected chi connectivity index (χ0v) is 11.9. The summed E-state index contributed by atoms with van der Waals surface area (Å²) in [5, 5.41) is 12.4. The lowest BCUT2D eigenvalue weighted by Gasteiger charge is -2.22. The summed E-state index contributed by atoms with van der Waals surface area (Å²) < 4.78 is 5.07. The largest absolute Gasteiger partial charge is 0.395 e. The minimum absolute atomic E-state index is 0.116. The summed E-state index contributed by atoms with van der Waals surface area (Å²) in [7, 11) is 1.67. The molecule has 5 heteroatoms. The maximum atomic E-state index is 9.07. The van der Waals surface area contributed by atoms with Gasteiger partial charge in [-0.1, -0.05) is 13.0 Å². The minimum atomic E-state index is 0.116. The second kappa shape index (κ2) is 9.72. The van der Waals surface area contributed by atoms with E-state index in [1.807, 2.05) is 17.2 Å². The molecular formula is C14H25N3O2. The van der Waals surface area contributed by atoms with Crippen LogP contribution in [0.4, 0.5) is 5.82 Å². The van der Waals surface area contributed by atoms with Gasteiger partial charge >= 0.3 is 0 Å². The molecule has 108 valence electrons. The Bertz CT molecular complexity index is 330. The first kappa shape index (κ1) is 15.9. The number of aromatic nitrogens is 1. The molecule has 0 aromatic carbocycles. The molecule has 0 radical (unpaired) electrons. The third-order valence-corrected chi connectivity index (χ3v) is 2.82. The van der Waals surface area contributed by atoms with Gasteiger partial charge in [-0.15, -0.1) is 0 Å². The predicted octanol–water partition coefficient (Wildman–Crippen LogP) is 1.03. The molecule has 5 nitrogen and oxygen atoms in total. The highest BCUT2D eigenvalue weighted by Gasteiger charge is 2.06. The Labute approximate surface area is 115 Å². The van der Waals surface area contributed by atoms with Crippen LogP contribution in [0.2, 0.25) is 0 Å². The maximum absolute atomic E-state index is 9.07. The molecule has 0 saturated carbocycles. The van der Waals surface area contributed by atoms with Gasteiger partial charge in [-0.25, -0.2) is 4.98 Å². The van der Waals surface area contributed by atoms with Gasteiger partial charge in [0.25, 0.3) is 0 Å². The van der Waals surface area contributed by atoms with E-state index in [0.29, 0.717) is 13.2 Å². The Morgan fingerprint density at radius 1 is 1.37 bits per heavy atom. The van der Waals surface area contributed by atoms with Crippen LogP contribution in [0.15, 0.2) is 18.3 Å². The molecule has 0 saturated heterocycles. The van der Waals surface area contributed by atoms with Crippen molar-refractivity contribution in [3.63, 3.8) is 0 Å². The van der Waals surface area contributed by atoms with Gasteiger partial charge in [-0.05, 0) is 24.6 Å². The number of pyridine rings is 1. The van der Waals surface area contributed by atoms with E-state index in [-0.39, 0.29) is 6.61 Å². The van der Waals surface area contributed by atoms with Crippen molar-refractivity contribution in [1.82, 2.24) is 10.3 Å². The summed E-state index contributed by atoms with van der Waals surface area (Å²) in [6.07, 6.45) is 3.02. The van der Waals surface area contributed by atoms with Gasteiger partial charge in [-0.3, -0.25) is 0 Å². The van der Waals surface area contributed by atoms with Gasteiger partial charge in [0.2, 0.25) is 0 Å². The fourth-order valence-electron chi connectivity index (χ4n) is 1.78. The van der Waals surface area contributed by atoms with Gasteiger partial charge in [0, 0.05) is 32.9 Å². The number of hydrogen-bond acceptors (Lipinski definition) is 5. The molecule has 0 atom stereocenters. The van der Waals surface area contributed by atoms with Crippen molar-refractivity contribution >= 4 is 5.82 Å². The van der Waals surface area contributed by atoms with Gasteiger partial charge < -0.3 is 20.1 Å². The molecule has 2 N–H and O–H groups in total. The van der Waals surface area contributed by atoms with Crippen LogP contribution in [0.3, 0.4) is 0 Å². The number of nitrogens with zero attached hydrogens (tertiary/aromatic N) is 2. The lowest BCUT2D eigenvalue weighted by molar-refractivity contribution is 0.202. The van der Waals surface area contributed by atoms with E-state index in [4.69, 9.17) is 9.84 Å². The van der Waals surface area contributed by atoms with Crippen LogP contribution in [0.5, 0.6) is 0 Å². The van der Waals surface area contributed by atoms with Gasteiger partial charge in [0.15, 0.2) is 0 Å². The molecule has 1 aromatic rings. The van der Waals surface area contributed by atoms with Crippen LogP contribution in [0.1, 0.15) is 18.9 Å². The molecule has 0 fully saturated rings. The summed E-state index contributed by atoms with van der Waals surface area (Å²) in [5.41, 5.74) is 1.17. The van der Waals surface area contributed by atoms with E-state index in [1.165, 1.54) is 5.56 Å². The summed E-state index contributed by atoms with van der Waals surface area (Å²) >= 11 is 0. The highest BCUT2D eigenvalue weighted by molar-refractivity contribution is 5.39. The smallest absolute Gasteiger partial charge is 0.128 e. The first-order valence-electron chi connectivity index (χ1n) is 6.82. The van der Waals surface area contributed by atoms with E-state index in [1.54, 1.807) is 7.11 Å². The van der Waals surface area contributed by atoms with E-state index < -0.39 is 0 Å². The van der Waals surface area contributed by atoms with Gasteiger partial charge in [0.05, 0.1) is 13.2 Å². The SMILES string of the molecule is CCCNCc1ccc(N(CCO)CCOC)nc1. The van der Waals surface area contributed by atoms with Crippen molar-refractivity contribution in [3.8, 4) is 0 Å². The topological polar surface area (TPSA) is 57.6 Å². The fourth-order valence-corrected chi connectivity index (χ4v) is 1.78. The Morgan fingerprint density at radius 3 is 2.79 bits per heavy atom. The number of hydrogen-bond donors (Lipinski definition) is 2. The monoisotopic (exact) mass is 267 g/mol. The normalized spacial score (nSPS) is 10.7. The zero-order chi connectivity index (χ0) is 13.9. The molecule has 0 unspecified atom stereocenters. The standard InChI is InChI=1S/C14H25N3O2/c1-3-6-15-11-13-4-5-14(16-12-13)17(7-9-18)8-10-19-2/h4-5,12,15,18H,3,6-11H2,1-2H3. The van der Waals surface area contributed by atoms with E-state index >= 15 is 0 Å². The maximum Gasteiger partial charge on any atom is 0.128 e. The van der Waals surface area contributed by atoms with Crippen molar-refractivity contribution in [3.05, 3.63) is 23.9 Å². The lowest BCUT2D eigenvalue weighted by Crippen LogP contribution is -2.30. The average Bonchev–Trinajstić information content (AvgIpc) is 2.45. The Kier molecular flexibility index (Phi) is 8.13.